The summed E-state index contributed by atoms with van der Waals surface area (Å²) in [5.74, 6) is 1.02. The number of hydrogen-bond acceptors (Lipinski definition) is 5. The Morgan fingerprint density at radius 1 is 0.864 bits per heavy atom. The van der Waals surface area contributed by atoms with Crippen molar-refractivity contribution in [2.45, 2.75) is 72.6 Å². The van der Waals surface area contributed by atoms with Gasteiger partial charge in [-0.3, -0.25) is 4.57 Å². The number of benzene rings is 4. The number of para-hydroxylation sites is 2. The minimum Gasteiger partial charge on any atom is -0.455 e. The fourth-order valence-electron chi connectivity index (χ4n) is 6.21. The first-order valence-electron chi connectivity index (χ1n) is 16.5. The van der Waals surface area contributed by atoms with Gasteiger partial charge >= 0.3 is 5.89 Å². The van der Waals surface area contributed by atoms with E-state index in [4.69, 9.17) is 17.9 Å². The largest absolute Gasteiger partial charge is 0.455 e. The lowest BCUT2D eigenvalue weighted by Gasteiger charge is -2.28. The maximum absolute atomic E-state index is 9.34. The Morgan fingerprint density at radius 3 is 2.25 bits per heavy atom. The lowest BCUT2D eigenvalue weighted by molar-refractivity contribution is 0.584. The number of aryl methyl sites for hydroxylation is 1. The minimum atomic E-state index is -2.42. The fraction of sp³-hybridized carbons (Fsp3) is 0.289. The molecule has 6 nitrogen and oxygen atoms in total. The predicted molar refractivity (Wildman–Crippen MR) is 178 cm³/mol. The van der Waals surface area contributed by atoms with Crippen molar-refractivity contribution in [2.75, 3.05) is 0 Å². The molecule has 0 aliphatic carbocycles. The van der Waals surface area contributed by atoms with Crippen molar-refractivity contribution >= 4 is 44.1 Å². The number of rotatable bonds is 4. The van der Waals surface area contributed by atoms with E-state index in [1.165, 1.54) is 16.7 Å². The lowest BCUT2D eigenvalue weighted by Crippen LogP contribution is -2.16. The van der Waals surface area contributed by atoms with Crippen molar-refractivity contribution < 1.29 is 12.9 Å². The van der Waals surface area contributed by atoms with E-state index in [1.807, 2.05) is 30.3 Å². The average molecular weight is 584 g/mol. The molecule has 0 radical (unpaired) electrons. The second-order valence-electron chi connectivity index (χ2n) is 13.2. The number of hydrogen-bond donors (Lipinski definition) is 0. The number of furan rings is 1. The standard InChI is InChI=1S/C38H36N4O2/c1-20(2)25-15-23(38(6,7)8)16-26(21(3)4)35(25)42-30-12-10-9-11-28(30)41-37(42)24-14-13-22(5)34-27-17-32-29(40-33(19-39)43-32)18-31(27)44-36(24)34/h9-18,20-21H,1-8H3/i5D3. The average Bonchev–Trinajstić information content (AvgIpc) is 3.70. The van der Waals surface area contributed by atoms with Crippen molar-refractivity contribution in [3.8, 4) is 23.1 Å². The highest BCUT2D eigenvalue weighted by Gasteiger charge is 2.27. The second-order valence-corrected chi connectivity index (χ2v) is 13.2. The lowest BCUT2D eigenvalue weighted by atomic mass is 9.81. The molecule has 0 bridgehead atoms. The Hall–Kier alpha value is -4.89. The summed E-state index contributed by atoms with van der Waals surface area (Å²) in [5, 5.41) is 10.4. The van der Waals surface area contributed by atoms with Gasteiger partial charge in [0.15, 0.2) is 11.7 Å². The topological polar surface area (TPSA) is 80.8 Å². The molecule has 6 heteroatoms. The van der Waals surface area contributed by atoms with Gasteiger partial charge in [-0.2, -0.15) is 10.2 Å². The first kappa shape index (κ1) is 24.5. The SMILES string of the molecule is [2H]C([2H])([2H])c1ccc(-c2nc3ccccc3n2-c2c(C(C)C)cc(C(C)(C)C)cc2C(C)C)c2oc3cc4nc(C#N)oc4cc3c12. The van der Waals surface area contributed by atoms with Crippen LogP contribution in [0.15, 0.2) is 69.5 Å². The molecular formula is C38H36N4O2. The molecule has 0 amide bonds. The summed E-state index contributed by atoms with van der Waals surface area (Å²) in [4.78, 5) is 9.45. The molecule has 0 aliphatic heterocycles. The van der Waals surface area contributed by atoms with E-state index < -0.39 is 6.85 Å². The molecule has 44 heavy (non-hydrogen) atoms. The van der Waals surface area contributed by atoms with Crippen LogP contribution in [-0.2, 0) is 5.41 Å². The van der Waals surface area contributed by atoms with Crippen LogP contribution in [0.1, 0.15) is 92.6 Å². The summed E-state index contributed by atoms with van der Waals surface area (Å²) in [6.45, 7) is 13.2. The molecule has 7 rings (SSSR count). The monoisotopic (exact) mass is 583 g/mol. The van der Waals surface area contributed by atoms with Gasteiger partial charge in [-0.25, -0.2) is 4.98 Å². The Kier molecular flexibility index (Phi) is 5.48. The summed E-state index contributed by atoms with van der Waals surface area (Å²) in [6, 6.07) is 21.5. The molecule has 0 aliphatic rings. The highest BCUT2D eigenvalue weighted by Crippen LogP contribution is 2.43. The van der Waals surface area contributed by atoms with Gasteiger partial charge in [0.05, 0.1) is 22.3 Å². The molecular weight excluding hydrogens is 544 g/mol. The van der Waals surface area contributed by atoms with Crippen molar-refractivity contribution in [1.82, 2.24) is 14.5 Å². The quantitative estimate of drug-likeness (QED) is 0.206. The van der Waals surface area contributed by atoms with Crippen LogP contribution in [0.3, 0.4) is 0 Å². The number of imidazole rings is 1. The number of oxazole rings is 1. The summed E-state index contributed by atoms with van der Waals surface area (Å²) < 4.78 is 39.7. The van der Waals surface area contributed by atoms with E-state index in [0.29, 0.717) is 44.4 Å². The zero-order valence-electron chi connectivity index (χ0n) is 29.0. The maximum atomic E-state index is 9.34. The smallest absolute Gasteiger partial charge is 0.301 e. The van der Waals surface area contributed by atoms with Crippen LogP contribution in [0.4, 0.5) is 0 Å². The highest BCUT2D eigenvalue weighted by molar-refractivity contribution is 6.13. The van der Waals surface area contributed by atoms with Gasteiger partial charge in [0, 0.05) is 21.0 Å². The number of aromatic nitrogens is 3. The highest BCUT2D eigenvalue weighted by atomic mass is 16.3. The van der Waals surface area contributed by atoms with Crippen LogP contribution in [-0.4, -0.2) is 14.5 Å². The maximum Gasteiger partial charge on any atom is 0.301 e. The van der Waals surface area contributed by atoms with E-state index in [9.17, 15) is 5.26 Å². The fourth-order valence-corrected chi connectivity index (χ4v) is 6.21. The third kappa shape index (κ3) is 4.22. The zero-order valence-corrected chi connectivity index (χ0v) is 26.0. The second kappa shape index (κ2) is 9.82. The van der Waals surface area contributed by atoms with Crippen molar-refractivity contribution in [1.29, 1.82) is 5.26 Å². The summed E-state index contributed by atoms with van der Waals surface area (Å²) in [7, 11) is 0. The normalized spacial score (nSPS) is 13.8. The van der Waals surface area contributed by atoms with Gasteiger partial charge in [0.25, 0.3) is 0 Å². The van der Waals surface area contributed by atoms with Crippen LogP contribution in [0.5, 0.6) is 0 Å². The van der Waals surface area contributed by atoms with Gasteiger partial charge in [-0.15, -0.1) is 0 Å². The first-order chi connectivity index (χ1) is 22.2. The number of nitriles is 1. The molecule has 3 aromatic heterocycles. The van der Waals surface area contributed by atoms with Gasteiger partial charge in [-0.1, -0.05) is 78.8 Å². The van der Waals surface area contributed by atoms with Gasteiger partial charge < -0.3 is 8.83 Å². The number of nitrogens with zero attached hydrogens (tertiary/aromatic N) is 4. The molecule has 4 aromatic carbocycles. The molecule has 0 saturated carbocycles. The minimum absolute atomic E-state index is 0.0424. The van der Waals surface area contributed by atoms with Crippen LogP contribution >= 0.6 is 0 Å². The van der Waals surface area contributed by atoms with Crippen LogP contribution in [0.2, 0.25) is 0 Å². The molecule has 3 heterocycles. The zero-order chi connectivity index (χ0) is 33.6. The van der Waals surface area contributed by atoms with E-state index in [2.05, 4.69) is 76.2 Å². The van der Waals surface area contributed by atoms with E-state index in [0.717, 1.165) is 16.7 Å². The van der Waals surface area contributed by atoms with Crippen molar-refractivity contribution in [3.63, 3.8) is 0 Å². The summed E-state index contributed by atoms with van der Waals surface area (Å²) in [6.07, 6.45) is 0. The van der Waals surface area contributed by atoms with Gasteiger partial charge in [-0.05, 0) is 70.6 Å². The molecule has 0 atom stereocenters. The Morgan fingerprint density at radius 2 is 1.59 bits per heavy atom. The Bertz CT molecular complexity index is 2380. The Balaban J connectivity index is 1.63. The van der Waals surface area contributed by atoms with Gasteiger partial charge in [0.2, 0.25) is 0 Å². The van der Waals surface area contributed by atoms with E-state index in [1.54, 1.807) is 18.2 Å². The number of fused-ring (bicyclic) bond motifs is 5. The van der Waals surface area contributed by atoms with Crippen LogP contribution < -0.4 is 0 Å². The molecule has 0 saturated heterocycles. The summed E-state index contributed by atoms with van der Waals surface area (Å²) >= 11 is 0. The molecule has 220 valence electrons. The van der Waals surface area contributed by atoms with Crippen molar-refractivity contribution in [3.05, 3.63) is 88.8 Å². The molecule has 0 N–H and O–H groups in total. The van der Waals surface area contributed by atoms with E-state index >= 15 is 0 Å². The third-order valence-electron chi connectivity index (χ3n) is 8.53. The molecule has 7 aromatic rings. The predicted octanol–water partition coefficient (Wildman–Crippen LogP) is 10.5. The van der Waals surface area contributed by atoms with Crippen LogP contribution in [0, 0.1) is 18.2 Å². The Labute approximate surface area is 261 Å². The molecule has 0 unspecified atom stereocenters. The molecule has 0 spiro atoms. The summed E-state index contributed by atoms with van der Waals surface area (Å²) in [5.41, 5.74) is 9.06. The van der Waals surface area contributed by atoms with Crippen LogP contribution in [0.25, 0.3) is 61.1 Å². The third-order valence-corrected chi connectivity index (χ3v) is 8.53. The molecule has 0 fully saturated rings. The first-order valence-corrected chi connectivity index (χ1v) is 15.0. The van der Waals surface area contributed by atoms with Gasteiger partial charge in [0.1, 0.15) is 22.5 Å². The van der Waals surface area contributed by atoms with Crippen molar-refractivity contribution in [2.24, 2.45) is 0 Å². The van der Waals surface area contributed by atoms with E-state index in [-0.39, 0.29) is 28.7 Å².